The van der Waals surface area contributed by atoms with Crippen molar-refractivity contribution in [1.29, 1.82) is 0 Å². The van der Waals surface area contributed by atoms with Crippen LogP contribution in [0.2, 0.25) is 0 Å². The van der Waals surface area contributed by atoms with Crippen molar-refractivity contribution in [1.82, 2.24) is 0 Å². The van der Waals surface area contributed by atoms with Gasteiger partial charge in [-0.25, -0.2) is 9.18 Å². The maximum absolute atomic E-state index is 13.4. The number of benzene rings is 2. The minimum absolute atomic E-state index is 0.0111. The number of amides is 1. The van der Waals surface area contributed by atoms with Gasteiger partial charge in [-0.2, -0.15) is 0 Å². The Morgan fingerprint density at radius 3 is 2.30 bits per heavy atom. The van der Waals surface area contributed by atoms with Gasteiger partial charge in [0.25, 0.3) is 0 Å². The fourth-order valence-electron chi connectivity index (χ4n) is 4.01. The van der Waals surface area contributed by atoms with Gasteiger partial charge < -0.3 is 18.9 Å². The molecule has 2 aliphatic heterocycles. The van der Waals surface area contributed by atoms with Crippen LogP contribution in [-0.2, 0) is 14.3 Å². The van der Waals surface area contributed by atoms with Gasteiger partial charge in [0.1, 0.15) is 12.4 Å². The summed E-state index contributed by atoms with van der Waals surface area (Å²) in [4.78, 5) is 27.2. The Morgan fingerprint density at radius 2 is 1.67 bits per heavy atom. The van der Waals surface area contributed by atoms with Crippen LogP contribution in [-0.4, -0.2) is 39.8 Å². The van der Waals surface area contributed by atoms with Crippen LogP contribution in [0.5, 0.6) is 17.2 Å². The molecule has 0 aromatic heterocycles. The second-order valence-electron chi connectivity index (χ2n) is 6.82. The van der Waals surface area contributed by atoms with Crippen LogP contribution >= 0.6 is 0 Å². The third kappa shape index (κ3) is 3.04. The van der Waals surface area contributed by atoms with Crippen molar-refractivity contribution in [2.45, 2.75) is 12.3 Å². The minimum atomic E-state index is -0.575. The Morgan fingerprint density at radius 1 is 0.967 bits per heavy atom. The maximum atomic E-state index is 13.4. The molecular formula is C22H20FNO6. The molecule has 0 bridgehead atoms. The number of hydrogen-bond acceptors (Lipinski definition) is 6. The highest BCUT2D eigenvalue weighted by atomic mass is 19.1. The zero-order valence-corrected chi connectivity index (χ0v) is 16.7. The lowest BCUT2D eigenvalue weighted by atomic mass is 9.83. The van der Waals surface area contributed by atoms with Gasteiger partial charge in [-0.1, -0.05) is 6.07 Å². The van der Waals surface area contributed by atoms with Crippen molar-refractivity contribution in [3.05, 3.63) is 59.0 Å². The second-order valence-corrected chi connectivity index (χ2v) is 6.82. The summed E-state index contributed by atoms with van der Waals surface area (Å²) >= 11 is 0. The van der Waals surface area contributed by atoms with E-state index in [1.54, 1.807) is 12.1 Å². The van der Waals surface area contributed by atoms with Crippen molar-refractivity contribution in [3.8, 4) is 17.2 Å². The van der Waals surface area contributed by atoms with Crippen LogP contribution in [0.25, 0.3) is 0 Å². The van der Waals surface area contributed by atoms with Crippen molar-refractivity contribution >= 4 is 17.6 Å². The number of carbonyl (C=O) groups is 2. The van der Waals surface area contributed by atoms with Crippen molar-refractivity contribution in [2.75, 3.05) is 32.8 Å². The first kappa shape index (κ1) is 19.8. The van der Waals surface area contributed by atoms with E-state index >= 15 is 0 Å². The molecule has 7 nitrogen and oxygen atoms in total. The Bertz CT molecular complexity index is 1050. The summed E-state index contributed by atoms with van der Waals surface area (Å²) in [6, 6.07) is 8.99. The summed E-state index contributed by atoms with van der Waals surface area (Å²) in [5.74, 6) is -0.489. The highest BCUT2D eigenvalue weighted by molar-refractivity contribution is 6.06. The van der Waals surface area contributed by atoms with Gasteiger partial charge in [0.15, 0.2) is 11.5 Å². The van der Waals surface area contributed by atoms with Crippen LogP contribution in [0.3, 0.4) is 0 Å². The fraction of sp³-hybridized carbons (Fsp3) is 0.273. The molecule has 0 aliphatic carbocycles. The average Bonchev–Trinajstić information content (AvgIpc) is 3.14. The number of hydrogen-bond donors (Lipinski definition) is 0. The molecule has 0 saturated heterocycles. The highest BCUT2D eigenvalue weighted by Crippen LogP contribution is 2.49. The number of ether oxygens (including phenoxy) is 4. The van der Waals surface area contributed by atoms with Gasteiger partial charge in [-0.3, -0.25) is 9.69 Å². The standard InChI is InChI=1S/C22H20FNO6/c1-27-17-9-8-14(20(28-2)21(17)29-3)15-10-18(25)24(13-6-4-12(23)5-7-13)16-11-30-22(26)19(15)16/h4-9,15H,10-11H2,1-3H3/t15-/m1/s1. The fourth-order valence-corrected chi connectivity index (χ4v) is 4.01. The van der Waals surface area contributed by atoms with Gasteiger partial charge in [0.05, 0.1) is 32.6 Å². The van der Waals surface area contributed by atoms with E-state index in [4.69, 9.17) is 18.9 Å². The summed E-state index contributed by atoms with van der Waals surface area (Å²) in [6.07, 6.45) is 0.0111. The number of cyclic esters (lactones) is 1. The lowest BCUT2D eigenvalue weighted by Crippen LogP contribution is -2.37. The quantitative estimate of drug-likeness (QED) is 0.701. The van der Waals surface area contributed by atoms with E-state index in [0.29, 0.717) is 39.8 Å². The van der Waals surface area contributed by atoms with Crippen LogP contribution < -0.4 is 19.1 Å². The first-order valence-corrected chi connectivity index (χ1v) is 9.27. The Hall–Kier alpha value is -3.55. The SMILES string of the molecule is COc1ccc([C@H]2CC(=O)N(c3ccc(F)cc3)C3=C2C(=O)OC3)c(OC)c1OC. The largest absolute Gasteiger partial charge is 0.493 e. The molecule has 1 amide bonds. The number of esters is 1. The molecule has 2 aliphatic rings. The summed E-state index contributed by atoms with van der Waals surface area (Å²) in [5, 5.41) is 0. The molecule has 2 heterocycles. The third-order valence-corrected chi connectivity index (χ3v) is 5.31. The zero-order chi connectivity index (χ0) is 21.4. The first-order valence-electron chi connectivity index (χ1n) is 9.27. The van der Waals surface area contributed by atoms with E-state index in [-0.39, 0.29) is 18.9 Å². The predicted octanol–water partition coefficient (Wildman–Crippen LogP) is 3.18. The van der Waals surface area contributed by atoms with E-state index in [1.807, 2.05) is 0 Å². The smallest absolute Gasteiger partial charge is 0.336 e. The maximum Gasteiger partial charge on any atom is 0.336 e. The van der Waals surface area contributed by atoms with Crippen LogP contribution in [0.4, 0.5) is 10.1 Å². The molecule has 156 valence electrons. The molecule has 0 saturated carbocycles. The van der Waals surface area contributed by atoms with Crippen LogP contribution in [0.15, 0.2) is 47.7 Å². The summed E-state index contributed by atoms with van der Waals surface area (Å²) in [5.41, 5.74) is 1.92. The summed E-state index contributed by atoms with van der Waals surface area (Å²) in [6.45, 7) is -0.0383. The van der Waals surface area contributed by atoms with Crippen molar-refractivity contribution in [3.63, 3.8) is 0 Å². The van der Waals surface area contributed by atoms with E-state index in [2.05, 4.69) is 0 Å². The molecule has 0 N–H and O–H groups in total. The number of nitrogens with zero attached hydrogens (tertiary/aromatic N) is 1. The topological polar surface area (TPSA) is 74.3 Å². The molecule has 2 aromatic carbocycles. The molecule has 1 atom stereocenters. The van der Waals surface area contributed by atoms with E-state index in [0.717, 1.165) is 0 Å². The van der Waals surface area contributed by atoms with Crippen LogP contribution in [0.1, 0.15) is 17.9 Å². The normalized spacial score (nSPS) is 18.3. The highest BCUT2D eigenvalue weighted by Gasteiger charge is 2.44. The predicted molar refractivity (Wildman–Crippen MR) is 105 cm³/mol. The molecule has 8 heteroatoms. The van der Waals surface area contributed by atoms with E-state index in [1.165, 1.54) is 50.5 Å². The van der Waals surface area contributed by atoms with E-state index < -0.39 is 17.7 Å². The molecule has 30 heavy (non-hydrogen) atoms. The molecule has 0 spiro atoms. The molecular weight excluding hydrogens is 393 g/mol. The van der Waals surface area contributed by atoms with Crippen molar-refractivity contribution < 1.29 is 32.9 Å². The Balaban J connectivity index is 1.86. The summed E-state index contributed by atoms with van der Waals surface area (Å²) < 4.78 is 34.9. The van der Waals surface area contributed by atoms with Gasteiger partial charge >= 0.3 is 5.97 Å². The number of carbonyl (C=O) groups excluding carboxylic acids is 2. The molecule has 0 radical (unpaired) electrons. The number of rotatable bonds is 5. The van der Waals surface area contributed by atoms with Crippen LogP contribution in [0, 0.1) is 5.82 Å². The lowest BCUT2D eigenvalue weighted by Gasteiger charge is -2.32. The Labute approximate surface area is 172 Å². The molecule has 0 unspecified atom stereocenters. The van der Waals surface area contributed by atoms with Gasteiger partial charge in [0.2, 0.25) is 11.7 Å². The number of anilines is 1. The monoisotopic (exact) mass is 413 g/mol. The van der Waals surface area contributed by atoms with Gasteiger partial charge in [-0.05, 0) is 30.3 Å². The molecule has 4 rings (SSSR count). The third-order valence-electron chi connectivity index (χ3n) is 5.31. The van der Waals surface area contributed by atoms with Crippen molar-refractivity contribution in [2.24, 2.45) is 0 Å². The first-order chi connectivity index (χ1) is 14.5. The Kier molecular flexibility index (Phi) is 5.07. The van der Waals surface area contributed by atoms with Gasteiger partial charge in [-0.15, -0.1) is 0 Å². The number of halogens is 1. The van der Waals surface area contributed by atoms with Gasteiger partial charge in [0, 0.05) is 23.6 Å². The average molecular weight is 413 g/mol. The molecule has 2 aromatic rings. The number of methoxy groups -OCH3 is 3. The molecule has 0 fully saturated rings. The lowest BCUT2D eigenvalue weighted by molar-refractivity contribution is -0.136. The minimum Gasteiger partial charge on any atom is -0.493 e. The summed E-state index contributed by atoms with van der Waals surface area (Å²) in [7, 11) is 4.48. The second kappa shape index (κ2) is 7.70. The van der Waals surface area contributed by atoms with E-state index in [9.17, 15) is 14.0 Å². The zero-order valence-electron chi connectivity index (χ0n) is 16.7.